The predicted octanol–water partition coefficient (Wildman–Crippen LogP) is 7.03. The first-order chi connectivity index (χ1) is 17.8. The molecule has 0 saturated carbocycles. The molecule has 37 heavy (non-hydrogen) atoms. The van der Waals surface area contributed by atoms with E-state index in [1.807, 2.05) is 60.7 Å². The summed E-state index contributed by atoms with van der Waals surface area (Å²) in [6, 6.07) is 20.4. The summed E-state index contributed by atoms with van der Waals surface area (Å²) in [7, 11) is 3.20. The summed E-state index contributed by atoms with van der Waals surface area (Å²) in [6.07, 6.45) is -3.05. The lowest BCUT2D eigenvalue weighted by Gasteiger charge is -2.11. The number of H-pyrrole nitrogens is 1. The van der Waals surface area contributed by atoms with E-state index in [1.165, 1.54) is 28.7 Å². The summed E-state index contributed by atoms with van der Waals surface area (Å²) < 4.78 is 54.7. The molecule has 6 rings (SSSR count). The number of methoxy groups -OCH3 is 2. The van der Waals surface area contributed by atoms with Crippen LogP contribution in [0.3, 0.4) is 0 Å². The number of benzene rings is 2. The Balaban J connectivity index is 1.37. The molecule has 0 atom stereocenters. The SMILES string of the molecule is COc1ccc(-c2cc3c(s2)=C/C(=C(/c2cc4sc(-c5ccc(OC)cc5)cc4[nH]2)C(F)(F)F)N=3)cc1. The Bertz CT molecular complexity index is 1710. The normalized spacial score (nSPS) is 14.3. The molecule has 0 fully saturated rings. The van der Waals surface area contributed by atoms with Crippen molar-refractivity contribution in [1.29, 1.82) is 0 Å². The van der Waals surface area contributed by atoms with Gasteiger partial charge in [0, 0.05) is 9.75 Å². The molecule has 0 aliphatic carbocycles. The molecule has 0 unspecified atom stereocenters. The third-order valence-corrected chi connectivity index (χ3v) is 8.36. The molecular weight excluding hydrogens is 517 g/mol. The van der Waals surface area contributed by atoms with E-state index >= 15 is 0 Å². The highest BCUT2D eigenvalue weighted by atomic mass is 32.1. The fourth-order valence-corrected chi connectivity index (χ4v) is 6.39. The molecule has 0 saturated heterocycles. The molecule has 5 aromatic rings. The van der Waals surface area contributed by atoms with Crippen molar-refractivity contribution >= 4 is 44.5 Å². The van der Waals surface area contributed by atoms with Crippen LogP contribution in [-0.4, -0.2) is 25.4 Å². The summed E-state index contributed by atoms with van der Waals surface area (Å²) in [6.45, 7) is 0. The molecule has 1 aliphatic rings. The van der Waals surface area contributed by atoms with Crippen LogP contribution in [-0.2, 0) is 0 Å². The standard InChI is InChI=1S/C28H19F3N2O2S2/c1-34-17-7-3-15(4-8-17)23-11-19-25(36-23)13-21(32-19)27(28(29,30)31)22-14-26-20(33-22)12-24(37-26)16-5-9-18(35-2)10-6-16/h3-14,32H,1-2H3/b27-22+. The number of aromatic nitrogens is 1. The number of hydrogen-bond acceptors (Lipinski definition) is 5. The fourth-order valence-electron chi connectivity index (χ4n) is 4.29. The number of halogens is 3. The van der Waals surface area contributed by atoms with Crippen LogP contribution in [0, 0.1) is 0 Å². The van der Waals surface area contributed by atoms with Crippen molar-refractivity contribution in [2.45, 2.75) is 6.18 Å². The van der Waals surface area contributed by atoms with Crippen LogP contribution in [0.25, 0.3) is 42.7 Å². The molecule has 0 spiro atoms. The van der Waals surface area contributed by atoms with Gasteiger partial charge >= 0.3 is 6.18 Å². The van der Waals surface area contributed by atoms with Gasteiger partial charge < -0.3 is 14.5 Å². The summed E-state index contributed by atoms with van der Waals surface area (Å²) in [5.41, 5.74) is 1.75. The van der Waals surface area contributed by atoms with Crippen LogP contribution in [0.4, 0.5) is 13.2 Å². The second-order valence-corrected chi connectivity index (χ2v) is 10.6. The molecule has 4 nitrogen and oxygen atoms in total. The molecule has 0 amide bonds. The Kier molecular flexibility index (Phi) is 5.69. The van der Waals surface area contributed by atoms with Gasteiger partial charge in [0.2, 0.25) is 0 Å². The summed E-state index contributed by atoms with van der Waals surface area (Å²) >= 11 is 2.85. The lowest BCUT2D eigenvalue weighted by molar-refractivity contribution is -0.0694. The van der Waals surface area contributed by atoms with E-state index in [-0.39, 0.29) is 11.4 Å². The van der Waals surface area contributed by atoms with Gasteiger partial charge in [-0.1, -0.05) is 0 Å². The summed E-state index contributed by atoms with van der Waals surface area (Å²) in [4.78, 5) is 9.25. The van der Waals surface area contributed by atoms with Gasteiger partial charge in [-0.15, -0.1) is 22.7 Å². The van der Waals surface area contributed by atoms with Gasteiger partial charge in [-0.25, -0.2) is 4.99 Å². The van der Waals surface area contributed by atoms with E-state index in [0.717, 1.165) is 37.1 Å². The first-order valence-electron chi connectivity index (χ1n) is 11.3. The molecule has 3 aromatic heterocycles. The zero-order valence-corrected chi connectivity index (χ0v) is 21.3. The van der Waals surface area contributed by atoms with Crippen LogP contribution in [0.1, 0.15) is 5.69 Å². The van der Waals surface area contributed by atoms with E-state index in [0.29, 0.717) is 15.4 Å². The van der Waals surface area contributed by atoms with Crippen LogP contribution >= 0.6 is 22.7 Å². The lowest BCUT2D eigenvalue weighted by atomic mass is 10.1. The number of aromatic amines is 1. The van der Waals surface area contributed by atoms with Gasteiger partial charge in [-0.3, -0.25) is 0 Å². The van der Waals surface area contributed by atoms with Crippen molar-refractivity contribution in [2.24, 2.45) is 4.99 Å². The topological polar surface area (TPSA) is 46.6 Å². The maximum Gasteiger partial charge on any atom is 0.420 e. The number of nitrogens with one attached hydrogen (secondary N) is 1. The van der Waals surface area contributed by atoms with E-state index in [2.05, 4.69) is 9.98 Å². The number of fused-ring (bicyclic) bond motifs is 2. The minimum Gasteiger partial charge on any atom is -0.497 e. The average molecular weight is 537 g/mol. The number of rotatable bonds is 5. The van der Waals surface area contributed by atoms with Crippen molar-refractivity contribution in [3.05, 3.63) is 88.0 Å². The second-order valence-electron chi connectivity index (χ2n) is 8.40. The zero-order valence-electron chi connectivity index (χ0n) is 19.6. The maximum absolute atomic E-state index is 14.3. The first-order valence-corrected chi connectivity index (χ1v) is 12.9. The molecular formula is C28H19F3N2O2S2. The highest BCUT2D eigenvalue weighted by Crippen LogP contribution is 2.41. The van der Waals surface area contributed by atoms with E-state index in [9.17, 15) is 13.2 Å². The van der Waals surface area contributed by atoms with Crippen LogP contribution in [0.5, 0.6) is 11.5 Å². The monoisotopic (exact) mass is 536 g/mol. The van der Waals surface area contributed by atoms with Gasteiger partial charge in [0.1, 0.15) is 17.1 Å². The van der Waals surface area contributed by atoms with Crippen molar-refractivity contribution in [3.63, 3.8) is 0 Å². The molecule has 186 valence electrons. The van der Waals surface area contributed by atoms with E-state index in [1.54, 1.807) is 20.3 Å². The van der Waals surface area contributed by atoms with Crippen molar-refractivity contribution < 1.29 is 22.6 Å². The van der Waals surface area contributed by atoms with Gasteiger partial charge in [0.15, 0.2) is 0 Å². The largest absolute Gasteiger partial charge is 0.497 e. The Morgan fingerprint density at radius 1 is 0.811 bits per heavy atom. The van der Waals surface area contributed by atoms with Crippen molar-refractivity contribution in [1.82, 2.24) is 4.98 Å². The minimum atomic E-state index is -4.58. The highest BCUT2D eigenvalue weighted by molar-refractivity contribution is 7.22. The maximum atomic E-state index is 14.3. The fraction of sp³-hybridized carbons (Fsp3) is 0.107. The Hall–Kier alpha value is -3.82. The van der Waals surface area contributed by atoms with Crippen LogP contribution < -0.4 is 19.4 Å². The zero-order chi connectivity index (χ0) is 25.7. The number of nitrogens with zero attached hydrogens (tertiary/aromatic N) is 1. The number of alkyl halides is 3. The second kappa shape index (κ2) is 8.93. The first kappa shape index (κ1) is 23.6. The van der Waals surface area contributed by atoms with Gasteiger partial charge in [-0.05, 0) is 83.9 Å². The molecule has 2 aromatic carbocycles. The highest BCUT2D eigenvalue weighted by Gasteiger charge is 2.39. The Morgan fingerprint density at radius 2 is 1.41 bits per heavy atom. The molecule has 1 aliphatic heterocycles. The minimum absolute atomic E-state index is 0.00978. The molecule has 9 heteroatoms. The van der Waals surface area contributed by atoms with Gasteiger partial charge in [0.05, 0.1) is 45.7 Å². The van der Waals surface area contributed by atoms with E-state index < -0.39 is 11.7 Å². The average Bonchev–Trinajstić information content (AvgIpc) is 3.63. The number of allylic oxidation sites excluding steroid dienone is 2. The predicted molar refractivity (Wildman–Crippen MR) is 143 cm³/mol. The lowest BCUT2D eigenvalue weighted by Crippen LogP contribution is -2.13. The Morgan fingerprint density at radius 3 is 1.92 bits per heavy atom. The third-order valence-electron chi connectivity index (χ3n) is 6.11. The number of thiophene rings is 2. The van der Waals surface area contributed by atoms with Gasteiger partial charge in [-0.2, -0.15) is 13.2 Å². The molecule has 0 bridgehead atoms. The molecule has 0 radical (unpaired) electrons. The smallest absolute Gasteiger partial charge is 0.420 e. The Labute approximate surface area is 217 Å². The number of hydrogen-bond donors (Lipinski definition) is 1. The van der Waals surface area contributed by atoms with Crippen LogP contribution in [0.15, 0.2) is 77.4 Å². The number of ether oxygens (including phenoxy) is 2. The van der Waals surface area contributed by atoms with Gasteiger partial charge in [0.25, 0.3) is 0 Å². The summed E-state index contributed by atoms with van der Waals surface area (Å²) in [5.74, 6) is 1.49. The quantitative estimate of drug-likeness (QED) is 0.262. The van der Waals surface area contributed by atoms with Crippen molar-refractivity contribution in [3.8, 4) is 32.4 Å². The van der Waals surface area contributed by atoms with Crippen molar-refractivity contribution in [2.75, 3.05) is 14.2 Å². The molecule has 1 N–H and O–H groups in total. The van der Waals surface area contributed by atoms with Crippen LogP contribution in [0.2, 0.25) is 0 Å². The summed E-state index contributed by atoms with van der Waals surface area (Å²) in [5, 5.41) is 0.544. The third kappa shape index (κ3) is 4.34. The molecule has 4 heterocycles. The van der Waals surface area contributed by atoms with E-state index in [4.69, 9.17) is 9.47 Å².